The predicted molar refractivity (Wildman–Crippen MR) is 504 cm³/mol. The highest BCUT2D eigenvalue weighted by molar-refractivity contribution is 6.37. The summed E-state index contributed by atoms with van der Waals surface area (Å²) >= 11 is 31.9. The van der Waals surface area contributed by atoms with Crippen LogP contribution in [0.4, 0.5) is 55.4 Å². The zero-order valence-electron chi connectivity index (χ0n) is 71.3. The molecule has 0 saturated heterocycles. The molecule has 0 atom stereocenters. The molecule has 0 radical (unpaired) electrons. The fourth-order valence-corrected chi connectivity index (χ4v) is 15.4. The summed E-state index contributed by atoms with van der Waals surface area (Å²) in [5.74, 6) is -1.24. The van der Waals surface area contributed by atoms with Crippen LogP contribution in [0.2, 0.25) is 25.1 Å². The van der Waals surface area contributed by atoms with Gasteiger partial charge in [0.2, 0.25) is 0 Å². The van der Waals surface area contributed by atoms with Crippen molar-refractivity contribution in [1.82, 2.24) is 124 Å². The van der Waals surface area contributed by atoms with Gasteiger partial charge >= 0.3 is 12.5 Å². The molecule has 0 bridgehead atoms. The minimum absolute atomic E-state index is 0.0205. The molecule has 20 aromatic rings. The Labute approximate surface area is 783 Å². The van der Waals surface area contributed by atoms with Gasteiger partial charge in [0.25, 0.3) is 23.2 Å². The summed E-state index contributed by atoms with van der Waals surface area (Å²) in [6.07, 6.45) is 7.31. The zero-order chi connectivity index (χ0) is 95.6. The lowest BCUT2D eigenvalue weighted by Gasteiger charge is -2.14. The second kappa shape index (κ2) is 38.3. The number of halogens is 11. The third kappa shape index (κ3) is 20.2. The average molecular weight is 1930 g/mol. The van der Waals surface area contributed by atoms with E-state index in [0.29, 0.717) is 133 Å². The molecule has 680 valence electrons. The maximum Gasteiger partial charge on any atom is 0.574 e. The molecular formula is C90H69Cl5F6N30O4. The van der Waals surface area contributed by atoms with Crippen LogP contribution in [0.5, 0.6) is 17.6 Å². The van der Waals surface area contributed by atoms with Gasteiger partial charge in [-0.05, 0) is 128 Å². The summed E-state index contributed by atoms with van der Waals surface area (Å²) in [5.41, 5.74) is 39.8. The van der Waals surface area contributed by atoms with E-state index < -0.39 is 41.3 Å². The van der Waals surface area contributed by atoms with Crippen molar-refractivity contribution in [2.45, 2.75) is 19.5 Å². The number of hydrogen-bond donors (Lipinski definition) is 6. The van der Waals surface area contributed by atoms with E-state index in [2.05, 4.69) is 105 Å². The summed E-state index contributed by atoms with van der Waals surface area (Å²) in [6, 6.07) is 44.6. The molecule has 0 amide bonds. The molecule has 0 aliphatic rings. The van der Waals surface area contributed by atoms with Crippen LogP contribution in [-0.4, -0.2) is 144 Å². The second-order valence-electron chi connectivity index (χ2n) is 29.4. The first kappa shape index (κ1) is 92.1. The van der Waals surface area contributed by atoms with E-state index >= 15 is 0 Å². The van der Waals surface area contributed by atoms with Gasteiger partial charge in [0.1, 0.15) is 74.0 Å². The second-order valence-corrected chi connectivity index (χ2v) is 31.4. The van der Waals surface area contributed by atoms with Crippen LogP contribution in [0.3, 0.4) is 0 Å². The molecule has 0 fully saturated rings. The van der Waals surface area contributed by atoms with Crippen LogP contribution in [0.1, 0.15) is 12.6 Å². The van der Waals surface area contributed by atoms with Crippen LogP contribution >= 0.6 is 58.0 Å². The van der Waals surface area contributed by atoms with Crippen LogP contribution < -0.4 is 48.4 Å². The van der Waals surface area contributed by atoms with Gasteiger partial charge in [0.15, 0.2) is 34.8 Å². The number of pyridine rings is 5. The molecule has 135 heavy (non-hydrogen) atoms. The third-order valence-electron chi connectivity index (χ3n) is 19.9. The van der Waals surface area contributed by atoms with E-state index in [1.807, 2.05) is 112 Å². The number of hydrogen-bond acceptors (Lipinski definition) is 28. The number of methoxy groups -OCH3 is 1. The molecular weight excluding hydrogens is 1860 g/mol. The number of alkyl halides is 6. The number of nitrogens with zero attached hydrogens (tertiary/aromatic N) is 24. The molecule has 0 unspecified atom stereocenters. The average Bonchev–Trinajstić information content (AvgIpc) is 1.68. The van der Waals surface area contributed by atoms with E-state index in [1.54, 1.807) is 151 Å². The highest BCUT2D eigenvalue weighted by Crippen LogP contribution is 2.44. The van der Waals surface area contributed by atoms with E-state index in [4.69, 9.17) is 96.1 Å². The van der Waals surface area contributed by atoms with Crippen LogP contribution in [0.25, 0.3) is 168 Å². The Morgan fingerprint density at radius 2 is 0.630 bits per heavy atom. The van der Waals surface area contributed by atoms with E-state index in [1.165, 1.54) is 22.5 Å². The number of aromatic nitrogens is 25. The highest BCUT2D eigenvalue weighted by Gasteiger charge is 2.38. The number of ether oxygens (including phenoxy) is 3. The van der Waals surface area contributed by atoms with Crippen LogP contribution in [0.15, 0.2) is 218 Å². The molecule has 20 rings (SSSR count). The summed E-state index contributed by atoms with van der Waals surface area (Å²) < 4.78 is 101. The van der Waals surface area contributed by atoms with Gasteiger partial charge in [-0.3, -0.25) is 53.1 Å². The fraction of sp³-hybridized carbons (Fsp3) is 0.111. The maximum atomic E-state index is 13.4. The lowest BCUT2D eigenvalue weighted by atomic mass is 10.0. The number of nitrogens with one attached hydrogen (secondary N) is 1. The Morgan fingerprint density at radius 3 is 0.941 bits per heavy atom. The molecule has 45 heteroatoms. The number of fused-ring (bicyclic) bond motifs is 5. The normalized spacial score (nSPS) is 11.4. The molecule has 0 aliphatic carbocycles. The summed E-state index contributed by atoms with van der Waals surface area (Å²) in [5, 5.41) is 27.8. The van der Waals surface area contributed by atoms with E-state index in [-0.39, 0.29) is 57.0 Å². The van der Waals surface area contributed by atoms with Gasteiger partial charge < -0.3 is 47.9 Å². The number of aromatic amines is 1. The summed E-state index contributed by atoms with van der Waals surface area (Å²) in [7, 11) is 10.4. The van der Waals surface area contributed by atoms with Gasteiger partial charge in [-0.15, -0.1) is 13.2 Å². The van der Waals surface area contributed by atoms with E-state index in [9.17, 15) is 31.1 Å². The molecule has 0 saturated carbocycles. The highest BCUT2D eigenvalue weighted by atomic mass is 35.5. The van der Waals surface area contributed by atoms with Gasteiger partial charge in [-0.1, -0.05) is 88.3 Å². The number of anilines is 5. The summed E-state index contributed by atoms with van der Waals surface area (Å²) in [6.45, 7) is 2.30. The SMILES string of the molecule is CCOc1nc(-c2cc(Cl)c3ncccc3c2)c(-c2ccn(C)n2)nc1N.COc1nc(-c2cc(Cl)c3ncccc3c2)c(-c2ccn(C)n2)nc1N.Cn1ccc(-c2nc(N)c(=O)[nH]c2-c2cc(Cl)c3ncccc3c2)n1.Cn1ccc(-c2nc(N)c(C(F)(F)F)nc2-c2cc(Cl)c3ncccc3c2)n1.Cn1ccc(-c2nc(N)c(OC(F)(F)F)nc2-c2cc(Cl)c3ncccc3c2)n1. The van der Waals surface area contributed by atoms with Crippen molar-refractivity contribution >= 4 is 142 Å². The van der Waals surface area contributed by atoms with Crippen molar-refractivity contribution in [1.29, 1.82) is 0 Å². The first-order chi connectivity index (χ1) is 64.6. The molecule has 34 nitrogen and oxygen atoms in total. The third-order valence-corrected chi connectivity index (χ3v) is 21.4. The number of benzene rings is 5. The predicted octanol–water partition coefficient (Wildman–Crippen LogP) is 18.3. The Morgan fingerprint density at radius 1 is 0.348 bits per heavy atom. The van der Waals surface area contributed by atoms with Crippen molar-refractivity contribution in [3.05, 3.63) is 255 Å². The monoisotopic (exact) mass is 1920 g/mol. The lowest BCUT2D eigenvalue weighted by molar-refractivity contribution is -0.275. The fourth-order valence-electron chi connectivity index (χ4n) is 14.0. The molecule has 15 aromatic heterocycles. The lowest BCUT2D eigenvalue weighted by Crippen LogP contribution is -2.19. The minimum atomic E-state index is -4.97. The Hall–Kier alpha value is -16.2. The quantitative estimate of drug-likeness (QED) is 0.0551. The van der Waals surface area contributed by atoms with Crippen molar-refractivity contribution in [3.63, 3.8) is 0 Å². The van der Waals surface area contributed by atoms with Crippen molar-refractivity contribution in [3.8, 4) is 131 Å². The zero-order valence-corrected chi connectivity index (χ0v) is 75.1. The van der Waals surface area contributed by atoms with Gasteiger partial charge in [-0.25, -0.2) is 44.9 Å². The number of rotatable bonds is 14. The van der Waals surface area contributed by atoms with Crippen molar-refractivity contribution in [2.24, 2.45) is 35.2 Å². The number of H-pyrrole nitrogens is 1. The van der Waals surface area contributed by atoms with Crippen molar-refractivity contribution < 1.29 is 40.6 Å². The topological polar surface area (TPSA) is 460 Å². The molecule has 0 aliphatic heterocycles. The standard InChI is InChI=1S/C19H17ClN6O.C18H12ClF3N6O.C18H12ClF3N6.C18H15ClN6O.C17H13ClN6O/c1-3-27-19-18(21)23-17(14-6-8-26(2)25-14)16(24-19)12-9-11-5-4-7-22-15(11)13(20)10-12;1-28-6-4-12(27-28)15-14(26-17(16(23)25-15)29-18(20,21)22)10-7-9-3-2-5-24-13(9)11(19)8-10;1-28-6-4-12(27-28)15-14(25-16(17(23)26-15)18(20,21)22)10-7-9-3-2-5-24-13(9)11(19)8-10;1-25-7-5-13(24-25)16-15(23-18(26-2)17(20)22-16)11-8-10-4-3-6-21-14(10)12(19)9-11;1-24-6-4-12(23-24)15-14(22-17(25)16(19)21-15)10-7-9-3-2-5-20-13(9)11(18)8-10/h4-10H,3H2,1-2H3,(H2,21,23);2-8H,1H3,(H2,23,25);2-8H,1H3,(H2,23,26);3-9H,1-2H3,(H2,20,22);2-8H,1H3,(H2,19,21)(H,22,25). The molecule has 11 N–H and O–H groups in total. The largest absolute Gasteiger partial charge is 0.574 e. The Bertz CT molecular complexity index is 8010. The molecule has 0 spiro atoms. The van der Waals surface area contributed by atoms with Gasteiger partial charge in [-0.2, -0.15) is 38.7 Å². The van der Waals surface area contributed by atoms with Crippen LogP contribution in [-0.2, 0) is 41.4 Å². The maximum absolute atomic E-state index is 13.4. The summed E-state index contributed by atoms with van der Waals surface area (Å²) in [4.78, 5) is 74.4. The molecule has 15 heterocycles. The van der Waals surface area contributed by atoms with Gasteiger partial charge in [0, 0.05) is 152 Å². The van der Waals surface area contributed by atoms with E-state index in [0.717, 1.165) is 38.3 Å². The number of nitrogen functional groups attached to an aromatic ring is 5. The number of aryl methyl sites for hydroxylation is 5. The first-order valence-corrected chi connectivity index (χ1v) is 41.8. The first-order valence-electron chi connectivity index (χ1n) is 39.9. The Kier molecular flexibility index (Phi) is 26.2. The number of nitrogens with two attached hydrogens (primary N) is 5. The van der Waals surface area contributed by atoms with Gasteiger partial charge in [0.05, 0.1) is 77.8 Å². The smallest absolute Gasteiger partial charge is 0.478 e. The van der Waals surface area contributed by atoms with Crippen molar-refractivity contribution in [2.75, 3.05) is 42.4 Å². The van der Waals surface area contributed by atoms with Crippen LogP contribution in [0, 0.1) is 0 Å². The minimum Gasteiger partial charge on any atom is -0.478 e. The Balaban J connectivity index is 0.000000123. The molecule has 5 aromatic carbocycles.